The van der Waals surface area contributed by atoms with Gasteiger partial charge in [0.05, 0.1) is 0 Å². The molecule has 1 aromatic carbocycles. The number of aromatic nitrogens is 1. The van der Waals surface area contributed by atoms with Crippen LogP contribution in [0.5, 0.6) is 0 Å². The highest BCUT2D eigenvalue weighted by Crippen LogP contribution is 2.22. The molecular weight excluding hydrogens is 276 g/mol. The Hall–Kier alpha value is -1.19. The lowest BCUT2D eigenvalue weighted by atomic mass is 10.1. The van der Waals surface area contributed by atoms with Crippen LogP contribution < -0.4 is 5.32 Å². The Morgan fingerprint density at radius 2 is 2.06 bits per heavy atom. The van der Waals surface area contributed by atoms with Gasteiger partial charge in [0.2, 0.25) is 0 Å². The first kappa shape index (κ1) is 12.3. The van der Waals surface area contributed by atoms with Gasteiger partial charge >= 0.3 is 0 Å². The van der Waals surface area contributed by atoms with Crippen molar-refractivity contribution < 1.29 is 0 Å². The lowest BCUT2D eigenvalue weighted by Crippen LogP contribution is -2.11. The highest BCUT2D eigenvalue weighted by Gasteiger charge is 2.00. The third kappa shape index (κ3) is 3.38. The Balaban J connectivity index is 2.26. The molecule has 0 spiro atoms. The van der Waals surface area contributed by atoms with Crippen LogP contribution in [0.4, 0.5) is 0 Å². The topological polar surface area (TPSA) is 24.9 Å². The molecule has 0 bridgehead atoms. The largest absolute Gasteiger partial charge is 0.313 e. The van der Waals surface area contributed by atoms with E-state index in [0.717, 1.165) is 23.1 Å². The summed E-state index contributed by atoms with van der Waals surface area (Å²) >= 11 is 3.49. The number of hydrogen-bond donors (Lipinski definition) is 1. The minimum atomic E-state index is 0.866. The number of halogens is 1. The monoisotopic (exact) mass is 290 g/mol. The molecule has 0 atom stereocenters. The van der Waals surface area contributed by atoms with Crippen molar-refractivity contribution in [3.8, 4) is 11.1 Å². The van der Waals surface area contributed by atoms with E-state index in [9.17, 15) is 0 Å². The molecule has 0 saturated carbocycles. The molecule has 0 radical (unpaired) electrons. The SMILES string of the molecule is CCNCc1cncc(-c2cccc(Br)c2)c1. The van der Waals surface area contributed by atoms with E-state index >= 15 is 0 Å². The zero-order chi connectivity index (χ0) is 12.1. The molecule has 2 nitrogen and oxygen atoms in total. The fourth-order valence-corrected chi connectivity index (χ4v) is 2.08. The van der Waals surface area contributed by atoms with Gasteiger partial charge in [0.25, 0.3) is 0 Å². The van der Waals surface area contributed by atoms with Gasteiger partial charge in [-0.15, -0.1) is 0 Å². The Bertz CT molecular complexity index is 497. The number of nitrogens with one attached hydrogen (secondary N) is 1. The van der Waals surface area contributed by atoms with E-state index in [-0.39, 0.29) is 0 Å². The minimum absolute atomic E-state index is 0.866. The number of hydrogen-bond acceptors (Lipinski definition) is 2. The predicted molar refractivity (Wildman–Crippen MR) is 74.8 cm³/mol. The summed E-state index contributed by atoms with van der Waals surface area (Å²) in [6.07, 6.45) is 3.81. The predicted octanol–water partition coefficient (Wildman–Crippen LogP) is 3.62. The molecule has 88 valence electrons. The summed E-state index contributed by atoms with van der Waals surface area (Å²) in [6, 6.07) is 10.4. The number of rotatable bonds is 4. The van der Waals surface area contributed by atoms with Crippen LogP contribution >= 0.6 is 15.9 Å². The second-order valence-corrected chi connectivity index (χ2v) is 4.79. The molecule has 1 heterocycles. The fraction of sp³-hybridized carbons (Fsp3) is 0.214. The van der Waals surface area contributed by atoms with Crippen LogP contribution in [-0.2, 0) is 6.54 Å². The standard InChI is InChI=1S/C14H15BrN2/c1-2-16-8-11-6-13(10-17-9-11)12-4-3-5-14(15)7-12/h3-7,9-10,16H,2,8H2,1H3. The number of benzene rings is 1. The van der Waals surface area contributed by atoms with Gasteiger partial charge < -0.3 is 5.32 Å². The average molecular weight is 291 g/mol. The summed E-state index contributed by atoms with van der Waals surface area (Å²) in [6.45, 7) is 3.94. The summed E-state index contributed by atoms with van der Waals surface area (Å²) in [5, 5.41) is 3.31. The molecule has 17 heavy (non-hydrogen) atoms. The Morgan fingerprint density at radius 3 is 2.82 bits per heavy atom. The summed E-state index contributed by atoms with van der Waals surface area (Å²) in [5.41, 5.74) is 3.55. The molecule has 1 aromatic heterocycles. The molecule has 0 unspecified atom stereocenters. The van der Waals surface area contributed by atoms with Crippen LogP contribution in [-0.4, -0.2) is 11.5 Å². The molecule has 0 saturated heterocycles. The summed E-state index contributed by atoms with van der Waals surface area (Å²) < 4.78 is 1.09. The average Bonchev–Trinajstić information content (AvgIpc) is 2.37. The highest BCUT2D eigenvalue weighted by atomic mass is 79.9. The molecule has 0 amide bonds. The van der Waals surface area contributed by atoms with Crippen molar-refractivity contribution in [1.29, 1.82) is 0 Å². The zero-order valence-electron chi connectivity index (χ0n) is 9.78. The smallest absolute Gasteiger partial charge is 0.0346 e. The maximum absolute atomic E-state index is 4.29. The molecule has 0 aliphatic rings. The first-order chi connectivity index (χ1) is 8.29. The van der Waals surface area contributed by atoms with Gasteiger partial charge in [-0.2, -0.15) is 0 Å². The van der Waals surface area contributed by atoms with Crippen molar-refractivity contribution in [3.63, 3.8) is 0 Å². The second-order valence-electron chi connectivity index (χ2n) is 3.87. The lowest BCUT2D eigenvalue weighted by Gasteiger charge is -2.05. The summed E-state index contributed by atoms with van der Waals surface area (Å²) in [7, 11) is 0. The van der Waals surface area contributed by atoms with Crippen LogP contribution in [0.15, 0.2) is 47.2 Å². The van der Waals surface area contributed by atoms with E-state index < -0.39 is 0 Å². The summed E-state index contributed by atoms with van der Waals surface area (Å²) in [4.78, 5) is 4.29. The molecule has 3 heteroatoms. The number of pyridine rings is 1. The first-order valence-electron chi connectivity index (χ1n) is 5.70. The van der Waals surface area contributed by atoms with E-state index in [0.29, 0.717) is 0 Å². The van der Waals surface area contributed by atoms with E-state index in [2.05, 4.69) is 51.4 Å². The minimum Gasteiger partial charge on any atom is -0.313 e. The second kappa shape index (κ2) is 5.94. The molecule has 2 aromatic rings. The van der Waals surface area contributed by atoms with E-state index in [1.54, 1.807) is 0 Å². The van der Waals surface area contributed by atoms with Gasteiger partial charge in [0, 0.05) is 29.0 Å². The van der Waals surface area contributed by atoms with Crippen LogP contribution in [0.25, 0.3) is 11.1 Å². The zero-order valence-corrected chi connectivity index (χ0v) is 11.4. The van der Waals surface area contributed by atoms with E-state index in [4.69, 9.17) is 0 Å². The van der Waals surface area contributed by atoms with Crippen molar-refractivity contribution in [2.75, 3.05) is 6.54 Å². The van der Waals surface area contributed by atoms with Crippen molar-refractivity contribution in [2.24, 2.45) is 0 Å². The summed E-state index contributed by atoms with van der Waals surface area (Å²) in [5.74, 6) is 0. The Morgan fingerprint density at radius 1 is 1.18 bits per heavy atom. The Kier molecular flexibility index (Phi) is 4.29. The van der Waals surface area contributed by atoms with Crippen molar-refractivity contribution in [2.45, 2.75) is 13.5 Å². The molecule has 0 fully saturated rings. The normalized spacial score (nSPS) is 10.5. The lowest BCUT2D eigenvalue weighted by molar-refractivity contribution is 0.724. The molecular formula is C14H15BrN2. The third-order valence-electron chi connectivity index (χ3n) is 2.53. The van der Waals surface area contributed by atoms with Crippen molar-refractivity contribution in [3.05, 3.63) is 52.8 Å². The van der Waals surface area contributed by atoms with Gasteiger partial charge in [0.1, 0.15) is 0 Å². The quantitative estimate of drug-likeness (QED) is 0.930. The van der Waals surface area contributed by atoms with Crippen molar-refractivity contribution in [1.82, 2.24) is 10.3 Å². The molecule has 2 rings (SSSR count). The fourth-order valence-electron chi connectivity index (χ4n) is 1.68. The van der Waals surface area contributed by atoms with E-state index in [1.807, 2.05) is 24.5 Å². The van der Waals surface area contributed by atoms with Gasteiger partial charge in [0.15, 0.2) is 0 Å². The van der Waals surface area contributed by atoms with Gasteiger partial charge in [-0.3, -0.25) is 4.98 Å². The number of nitrogens with zero attached hydrogens (tertiary/aromatic N) is 1. The van der Waals surface area contributed by atoms with Crippen LogP contribution in [0.2, 0.25) is 0 Å². The van der Waals surface area contributed by atoms with Crippen LogP contribution in [0, 0.1) is 0 Å². The third-order valence-corrected chi connectivity index (χ3v) is 3.03. The van der Waals surface area contributed by atoms with E-state index in [1.165, 1.54) is 11.1 Å². The Labute approximate surface area is 110 Å². The van der Waals surface area contributed by atoms with Gasteiger partial charge in [-0.25, -0.2) is 0 Å². The first-order valence-corrected chi connectivity index (χ1v) is 6.49. The highest BCUT2D eigenvalue weighted by molar-refractivity contribution is 9.10. The van der Waals surface area contributed by atoms with Crippen LogP contribution in [0.1, 0.15) is 12.5 Å². The molecule has 1 N–H and O–H groups in total. The van der Waals surface area contributed by atoms with Crippen LogP contribution in [0.3, 0.4) is 0 Å². The molecule has 0 aliphatic carbocycles. The van der Waals surface area contributed by atoms with Crippen molar-refractivity contribution >= 4 is 15.9 Å². The maximum atomic E-state index is 4.29. The van der Waals surface area contributed by atoms with Gasteiger partial charge in [-0.05, 0) is 35.9 Å². The van der Waals surface area contributed by atoms with Gasteiger partial charge in [-0.1, -0.05) is 35.0 Å². The maximum Gasteiger partial charge on any atom is 0.0346 e. The molecule has 0 aliphatic heterocycles.